The molecular formula is C24H21F2N5O2. The number of aromatic amines is 1. The van der Waals surface area contributed by atoms with Gasteiger partial charge in [-0.25, -0.2) is 13.8 Å². The zero-order chi connectivity index (χ0) is 22.9. The predicted molar refractivity (Wildman–Crippen MR) is 118 cm³/mol. The molecule has 1 aliphatic heterocycles. The third-order valence-electron chi connectivity index (χ3n) is 5.12. The molecule has 3 heterocycles. The van der Waals surface area contributed by atoms with E-state index in [-0.39, 0.29) is 17.5 Å². The number of benzene rings is 2. The van der Waals surface area contributed by atoms with Gasteiger partial charge in [-0.3, -0.25) is 5.01 Å². The van der Waals surface area contributed by atoms with Crippen LogP contribution < -0.4 is 4.74 Å². The van der Waals surface area contributed by atoms with Crippen LogP contribution in [0.1, 0.15) is 31.0 Å². The van der Waals surface area contributed by atoms with Gasteiger partial charge in [0.2, 0.25) is 0 Å². The molecule has 0 fully saturated rings. The molecule has 0 spiro atoms. The fourth-order valence-electron chi connectivity index (χ4n) is 3.60. The molecular weight excluding hydrogens is 428 g/mol. The Morgan fingerprint density at radius 1 is 1.15 bits per heavy atom. The highest BCUT2D eigenvalue weighted by atomic mass is 19.2. The van der Waals surface area contributed by atoms with E-state index in [1.165, 1.54) is 12.1 Å². The Hall–Kier alpha value is -4.01. The maximum atomic E-state index is 14.1. The summed E-state index contributed by atoms with van der Waals surface area (Å²) in [6.07, 6.45) is 1.69. The molecule has 33 heavy (non-hydrogen) atoms. The number of H-pyrrole nitrogens is 1. The maximum Gasteiger partial charge on any atom is 0.169 e. The number of imidazole rings is 1. The standard InChI is InChI=1S/C24H21F2N5O2/c1-14(2)32-16-8-6-15(7-9-16)20-10-17(33-30-20)12-31-13-22-21(11-27-31)28-24(29-22)18-4-3-5-19(25)23(18)26/h3-11,14H,12-13H2,1-2H3,(H,28,29). The summed E-state index contributed by atoms with van der Waals surface area (Å²) in [5, 5.41) is 10.3. The molecule has 5 rings (SSSR count). The number of hydrogen-bond donors (Lipinski definition) is 1. The molecule has 2 aromatic carbocycles. The van der Waals surface area contributed by atoms with E-state index in [1.54, 1.807) is 11.2 Å². The summed E-state index contributed by atoms with van der Waals surface area (Å²) in [5.41, 5.74) is 3.05. The molecule has 0 atom stereocenters. The molecule has 0 bridgehead atoms. The van der Waals surface area contributed by atoms with Crippen LogP contribution in [0.2, 0.25) is 0 Å². The summed E-state index contributed by atoms with van der Waals surface area (Å²) in [5.74, 6) is -0.148. The lowest BCUT2D eigenvalue weighted by Crippen LogP contribution is -2.21. The number of hydrazone groups is 1. The van der Waals surface area contributed by atoms with Crippen molar-refractivity contribution in [2.45, 2.75) is 33.0 Å². The summed E-state index contributed by atoms with van der Waals surface area (Å²) < 4.78 is 38.9. The van der Waals surface area contributed by atoms with E-state index in [0.29, 0.717) is 30.2 Å². The molecule has 1 N–H and O–H groups in total. The van der Waals surface area contributed by atoms with Gasteiger partial charge >= 0.3 is 0 Å². The van der Waals surface area contributed by atoms with E-state index in [4.69, 9.17) is 9.26 Å². The van der Waals surface area contributed by atoms with Gasteiger partial charge in [0.1, 0.15) is 23.0 Å². The minimum Gasteiger partial charge on any atom is -0.491 e. The molecule has 0 radical (unpaired) electrons. The van der Waals surface area contributed by atoms with Crippen molar-refractivity contribution in [3.8, 4) is 28.4 Å². The van der Waals surface area contributed by atoms with Crippen LogP contribution in [0.5, 0.6) is 5.75 Å². The highest BCUT2D eigenvalue weighted by Crippen LogP contribution is 2.26. The van der Waals surface area contributed by atoms with Gasteiger partial charge in [-0.05, 0) is 50.2 Å². The molecule has 0 unspecified atom stereocenters. The number of aromatic nitrogens is 3. The Morgan fingerprint density at radius 3 is 2.76 bits per heavy atom. The molecule has 168 valence electrons. The number of nitrogens with zero attached hydrogens (tertiary/aromatic N) is 4. The van der Waals surface area contributed by atoms with Gasteiger partial charge in [0.05, 0.1) is 36.7 Å². The number of rotatable bonds is 6. The molecule has 1 aliphatic rings. The first-order valence-electron chi connectivity index (χ1n) is 10.5. The van der Waals surface area contributed by atoms with Crippen molar-refractivity contribution in [3.05, 3.63) is 77.3 Å². The van der Waals surface area contributed by atoms with Gasteiger partial charge in [0.25, 0.3) is 0 Å². The van der Waals surface area contributed by atoms with Crippen LogP contribution >= 0.6 is 0 Å². The number of halogens is 2. The number of nitrogens with one attached hydrogen (secondary N) is 1. The molecule has 0 saturated carbocycles. The first-order chi connectivity index (χ1) is 16.0. The van der Waals surface area contributed by atoms with Crippen LogP contribution in [-0.4, -0.2) is 32.5 Å². The van der Waals surface area contributed by atoms with Gasteiger partial charge in [0, 0.05) is 11.6 Å². The summed E-state index contributed by atoms with van der Waals surface area (Å²) in [7, 11) is 0. The average molecular weight is 449 g/mol. The van der Waals surface area contributed by atoms with Crippen molar-refractivity contribution in [2.24, 2.45) is 5.10 Å². The van der Waals surface area contributed by atoms with Crippen LogP contribution in [-0.2, 0) is 13.1 Å². The normalized spacial score (nSPS) is 12.9. The molecule has 9 heteroatoms. The van der Waals surface area contributed by atoms with Gasteiger partial charge in [-0.1, -0.05) is 11.2 Å². The van der Waals surface area contributed by atoms with E-state index < -0.39 is 11.6 Å². The quantitative estimate of drug-likeness (QED) is 0.441. The van der Waals surface area contributed by atoms with Crippen LogP contribution in [0, 0.1) is 11.6 Å². The molecule has 2 aromatic heterocycles. The Bertz CT molecular complexity index is 1310. The third kappa shape index (κ3) is 4.34. The molecule has 4 aromatic rings. The van der Waals surface area contributed by atoms with Gasteiger partial charge in [-0.15, -0.1) is 0 Å². The first-order valence-corrected chi connectivity index (χ1v) is 10.5. The lowest BCUT2D eigenvalue weighted by molar-refractivity contribution is 0.229. The van der Waals surface area contributed by atoms with Crippen LogP contribution in [0.25, 0.3) is 22.6 Å². The van der Waals surface area contributed by atoms with Gasteiger partial charge in [0.15, 0.2) is 17.4 Å². The molecule has 7 nitrogen and oxygen atoms in total. The summed E-state index contributed by atoms with van der Waals surface area (Å²) in [6, 6.07) is 13.5. The monoisotopic (exact) mass is 449 g/mol. The van der Waals surface area contributed by atoms with Crippen molar-refractivity contribution in [3.63, 3.8) is 0 Å². The van der Waals surface area contributed by atoms with Crippen LogP contribution in [0.15, 0.2) is 58.2 Å². The van der Waals surface area contributed by atoms with Crippen molar-refractivity contribution in [1.29, 1.82) is 0 Å². The zero-order valence-electron chi connectivity index (χ0n) is 18.0. The van der Waals surface area contributed by atoms with Crippen molar-refractivity contribution >= 4 is 6.21 Å². The highest BCUT2D eigenvalue weighted by Gasteiger charge is 2.21. The largest absolute Gasteiger partial charge is 0.491 e. The smallest absolute Gasteiger partial charge is 0.169 e. The Kier molecular flexibility index (Phi) is 5.37. The van der Waals surface area contributed by atoms with E-state index in [1.807, 2.05) is 44.2 Å². The van der Waals surface area contributed by atoms with Crippen LogP contribution in [0.4, 0.5) is 8.78 Å². The maximum absolute atomic E-state index is 14.1. The fourth-order valence-corrected chi connectivity index (χ4v) is 3.60. The lowest BCUT2D eigenvalue weighted by Gasteiger charge is -2.19. The van der Waals surface area contributed by atoms with E-state index >= 15 is 0 Å². The minimum atomic E-state index is -0.935. The Labute approximate surface area is 188 Å². The SMILES string of the molecule is CC(C)Oc1ccc(-c2cc(CN3Cc4[nH]c(-c5cccc(F)c5F)nc4C=N3)on2)cc1. The fraction of sp³-hybridized carbons (Fsp3) is 0.208. The second-order valence-corrected chi connectivity index (χ2v) is 7.99. The highest BCUT2D eigenvalue weighted by molar-refractivity contribution is 5.80. The zero-order valence-corrected chi connectivity index (χ0v) is 18.0. The summed E-state index contributed by atoms with van der Waals surface area (Å²) in [6.45, 7) is 4.76. The van der Waals surface area contributed by atoms with Crippen molar-refractivity contribution in [2.75, 3.05) is 0 Å². The Balaban J connectivity index is 1.28. The molecule has 0 amide bonds. The topological polar surface area (TPSA) is 79.5 Å². The van der Waals surface area contributed by atoms with Crippen molar-refractivity contribution in [1.82, 2.24) is 20.1 Å². The second-order valence-electron chi connectivity index (χ2n) is 7.99. The minimum absolute atomic E-state index is 0.0778. The van der Waals surface area contributed by atoms with Crippen molar-refractivity contribution < 1.29 is 18.0 Å². The molecule has 0 aliphatic carbocycles. The number of fused-ring (bicyclic) bond motifs is 1. The summed E-state index contributed by atoms with van der Waals surface area (Å²) >= 11 is 0. The first kappa shape index (κ1) is 20.9. The number of hydrogen-bond acceptors (Lipinski definition) is 6. The van der Waals surface area contributed by atoms with E-state index in [9.17, 15) is 8.78 Å². The second kappa shape index (κ2) is 8.50. The average Bonchev–Trinajstić information content (AvgIpc) is 3.42. The Morgan fingerprint density at radius 2 is 1.97 bits per heavy atom. The van der Waals surface area contributed by atoms with E-state index in [0.717, 1.165) is 23.1 Å². The van der Waals surface area contributed by atoms with Crippen LogP contribution in [0.3, 0.4) is 0 Å². The lowest BCUT2D eigenvalue weighted by atomic mass is 10.1. The predicted octanol–water partition coefficient (Wildman–Crippen LogP) is 5.15. The van der Waals surface area contributed by atoms with Gasteiger partial charge in [-0.2, -0.15) is 5.10 Å². The number of ether oxygens (including phenoxy) is 1. The van der Waals surface area contributed by atoms with Gasteiger partial charge < -0.3 is 14.2 Å². The van der Waals surface area contributed by atoms with E-state index in [2.05, 4.69) is 20.2 Å². The third-order valence-corrected chi connectivity index (χ3v) is 5.12. The summed E-state index contributed by atoms with van der Waals surface area (Å²) in [4.78, 5) is 7.42. The molecule has 0 saturated heterocycles.